The lowest BCUT2D eigenvalue weighted by molar-refractivity contribution is -0.122. The first-order valence-electron chi connectivity index (χ1n) is 4.24. The first-order valence-corrected chi connectivity index (χ1v) is 4.24. The highest BCUT2D eigenvalue weighted by molar-refractivity contribution is 5.81. The summed E-state index contributed by atoms with van der Waals surface area (Å²) in [6.07, 6.45) is 0.151. The van der Waals surface area contributed by atoms with Gasteiger partial charge in [-0.3, -0.25) is 4.79 Å². The van der Waals surface area contributed by atoms with E-state index in [0.717, 1.165) is 0 Å². The summed E-state index contributed by atoms with van der Waals surface area (Å²) < 4.78 is 4.97. The third-order valence-electron chi connectivity index (χ3n) is 1.43. The molecule has 0 fully saturated rings. The number of rotatable bonds is 6. The number of aromatic nitrogens is 4. The number of aryl methyl sites for hydroxylation is 1. The number of hydrogen-bond acceptors (Lipinski definition) is 6. The molecule has 7 heteroatoms. The fraction of sp³-hybridized carbons (Fsp3) is 0.714. The monoisotopic (exact) mass is 199 g/mol. The zero-order chi connectivity index (χ0) is 10.4. The third kappa shape index (κ3) is 3.58. The van der Waals surface area contributed by atoms with E-state index in [2.05, 4.69) is 15.4 Å². The van der Waals surface area contributed by atoms with Crippen LogP contribution in [-0.2, 0) is 23.0 Å². The Kier molecular flexibility index (Phi) is 4.14. The van der Waals surface area contributed by atoms with Crippen molar-refractivity contribution in [3.05, 3.63) is 5.82 Å². The maximum absolute atomic E-state index is 11.2. The van der Waals surface area contributed by atoms with Gasteiger partial charge in [0, 0.05) is 6.54 Å². The molecular weight excluding hydrogens is 186 g/mol. The van der Waals surface area contributed by atoms with Crippen LogP contribution < -0.4 is 5.73 Å². The van der Waals surface area contributed by atoms with Crippen molar-refractivity contribution in [1.29, 1.82) is 0 Å². The lowest BCUT2D eigenvalue weighted by Crippen LogP contribution is -2.16. The molecule has 2 N–H and O–H groups in total. The average molecular weight is 199 g/mol. The summed E-state index contributed by atoms with van der Waals surface area (Å²) in [5, 5.41) is 11.2. The maximum atomic E-state index is 11.2. The number of ketones is 1. The van der Waals surface area contributed by atoms with E-state index in [1.165, 1.54) is 4.80 Å². The van der Waals surface area contributed by atoms with E-state index in [1.807, 2.05) is 0 Å². The van der Waals surface area contributed by atoms with Gasteiger partial charge in [0.1, 0.15) is 6.61 Å². The van der Waals surface area contributed by atoms with Crippen LogP contribution in [0.1, 0.15) is 5.82 Å². The molecule has 1 heterocycles. The van der Waals surface area contributed by atoms with Gasteiger partial charge in [-0.2, -0.15) is 4.80 Å². The van der Waals surface area contributed by atoms with Gasteiger partial charge in [0.15, 0.2) is 11.6 Å². The Morgan fingerprint density at radius 3 is 3.00 bits per heavy atom. The molecule has 0 amide bonds. The smallest absolute Gasteiger partial charge is 0.182 e. The minimum absolute atomic E-state index is 0.0510. The molecule has 1 rings (SSSR count). The van der Waals surface area contributed by atoms with Gasteiger partial charge in [-0.15, -0.1) is 10.2 Å². The summed E-state index contributed by atoms with van der Waals surface area (Å²) in [4.78, 5) is 12.5. The van der Waals surface area contributed by atoms with E-state index in [4.69, 9.17) is 10.5 Å². The molecule has 1 aromatic heterocycles. The second kappa shape index (κ2) is 5.40. The summed E-state index contributed by atoms with van der Waals surface area (Å²) in [7, 11) is 1.64. The molecule has 0 spiro atoms. The van der Waals surface area contributed by atoms with E-state index in [-0.39, 0.29) is 18.8 Å². The van der Waals surface area contributed by atoms with Crippen LogP contribution in [0.5, 0.6) is 0 Å². The third-order valence-corrected chi connectivity index (χ3v) is 1.43. The Morgan fingerprint density at radius 2 is 2.43 bits per heavy atom. The van der Waals surface area contributed by atoms with Crippen LogP contribution >= 0.6 is 0 Å². The van der Waals surface area contributed by atoms with Crippen molar-refractivity contribution in [2.75, 3.05) is 19.8 Å². The molecule has 78 valence electrons. The standard InChI is InChI=1S/C7H13N5O2/c1-12-10-7(9-11-12)4-6(13)5-14-3-2-8/h2-5,8H2,1H3. The van der Waals surface area contributed by atoms with Gasteiger partial charge < -0.3 is 10.5 Å². The van der Waals surface area contributed by atoms with Crippen LogP contribution in [0.2, 0.25) is 0 Å². The molecule has 1 aromatic rings. The van der Waals surface area contributed by atoms with Gasteiger partial charge in [0.25, 0.3) is 0 Å². The SMILES string of the molecule is Cn1nnc(CC(=O)COCCN)n1. The van der Waals surface area contributed by atoms with E-state index in [0.29, 0.717) is 19.0 Å². The zero-order valence-corrected chi connectivity index (χ0v) is 8.01. The normalized spacial score (nSPS) is 10.4. The summed E-state index contributed by atoms with van der Waals surface area (Å²) in [5.74, 6) is 0.334. The number of nitrogens with two attached hydrogens (primary N) is 1. The van der Waals surface area contributed by atoms with Gasteiger partial charge in [0.2, 0.25) is 0 Å². The molecule has 0 radical (unpaired) electrons. The van der Waals surface area contributed by atoms with Crippen molar-refractivity contribution in [3.63, 3.8) is 0 Å². The zero-order valence-electron chi connectivity index (χ0n) is 8.01. The first kappa shape index (κ1) is 10.7. The molecule has 0 aliphatic carbocycles. The van der Waals surface area contributed by atoms with Gasteiger partial charge in [-0.25, -0.2) is 0 Å². The Bertz CT molecular complexity index is 298. The molecule has 0 aliphatic heterocycles. The molecule has 0 saturated carbocycles. The van der Waals surface area contributed by atoms with E-state index in [9.17, 15) is 4.79 Å². The second-order valence-electron chi connectivity index (χ2n) is 2.75. The highest BCUT2D eigenvalue weighted by Crippen LogP contribution is 1.89. The highest BCUT2D eigenvalue weighted by atomic mass is 16.5. The van der Waals surface area contributed by atoms with Crippen LogP contribution in [0, 0.1) is 0 Å². The Labute approximate surface area is 81.2 Å². The average Bonchev–Trinajstić information content (AvgIpc) is 2.52. The van der Waals surface area contributed by atoms with Gasteiger partial charge in [-0.1, -0.05) is 0 Å². The molecule has 14 heavy (non-hydrogen) atoms. The predicted molar refractivity (Wildman–Crippen MR) is 47.4 cm³/mol. The van der Waals surface area contributed by atoms with Crippen LogP contribution in [-0.4, -0.2) is 45.7 Å². The van der Waals surface area contributed by atoms with Crippen LogP contribution in [0.3, 0.4) is 0 Å². The largest absolute Gasteiger partial charge is 0.372 e. The molecule has 0 unspecified atom stereocenters. The van der Waals surface area contributed by atoms with Gasteiger partial charge in [-0.05, 0) is 5.21 Å². The molecule has 0 aromatic carbocycles. The fourth-order valence-corrected chi connectivity index (χ4v) is 0.891. The number of ether oxygens (including phenoxy) is 1. The van der Waals surface area contributed by atoms with Crippen LogP contribution in [0.25, 0.3) is 0 Å². The summed E-state index contributed by atoms with van der Waals surface area (Å²) in [6.45, 7) is 0.853. The van der Waals surface area contributed by atoms with Gasteiger partial charge >= 0.3 is 0 Å². The lowest BCUT2D eigenvalue weighted by atomic mass is 10.3. The number of Topliss-reactive ketones (excluding diaryl/α,β-unsaturated/α-hetero) is 1. The Hall–Kier alpha value is -1.34. The summed E-state index contributed by atoms with van der Waals surface area (Å²) >= 11 is 0. The quantitative estimate of drug-likeness (QED) is 0.548. The minimum atomic E-state index is -0.0774. The van der Waals surface area contributed by atoms with Crippen molar-refractivity contribution >= 4 is 5.78 Å². The predicted octanol–water partition coefficient (Wildman–Crippen LogP) is -1.70. The van der Waals surface area contributed by atoms with E-state index < -0.39 is 0 Å². The fourth-order valence-electron chi connectivity index (χ4n) is 0.891. The van der Waals surface area contributed by atoms with Crippen molar-refractivity contribution in [2.24, 2.45) is 12.8 Å². The van der Waals surface area contributed by atoms with Gasteiger partial charge in [0.05, 0.1) is 20.1 Å². The molecule has 7 nitrogen and oxygen atoms in total. The number of nitrogens with zero attached hydrogens (tertiary/aromatic N) is 4. The molecule has 0 atom stereocenters. The number of hydrogen-bond donors (Lipinski definition) is 1. The summed E-state index contributed by atoms with van der Waals surface area (Å²) in [5.41, 5.74) is 5.20. The minimum Gasteiger partial charge on any atom is -0.372 e. The van der Waals surface area contributed by atoms with E-state index >= 15 is 0 Å². The number of carbonyl (C=O) groups excluding carboxylic acids is 1. The molecular formula is C7H13N5O2. The highest BCUT2D eigenvalue weighted by Gasteiger charge is 2.07. The lowest BCUT2D eigenvalue weighted by Gasteiger charge is -1.98. The van der Waals surface area contributed by atoms with Crippen LogP contribution in [0.4, 0.5) is 0 Å². The molecule has 0 bridgehead atoms. The number of tetrazole rings is 1. The van der Waals surface area contributed by atoms with Crippen molar-refractivity contribution in [2.45, 2.75) is 6.42 Å². The second-order valence-corrected chi connectivity index (χ2v) is 2.75. The van der Waals surface area contributed by atoms with Crippen molar-refractivity contribution < 1.29 is 9.53 Å². The first-order chi connectivity index (χ1) is 6.72. The molecule has 0 saturated heterocycles. The van der Waals surface area contributed by atoms with Crippen molar-refractivity contribution in [3.8, 4) is 0 Å². The molecule has 0 aliphatic rings. The summed E-state index contributed by atoms with van der Waals surface area (Å²) in [6, 6.07) is 0. The topological polar surface area (TPSA) is 95.9 Å². The van der Waals surface area contributed by atoms with E-state index in [1.54, 1.807) is 7.05 Å². The van der Waals surface area contributed by atoms with Crippen molar-refractivity contribution in [1.82, 2.24) is 20.2 Å². The number of carbonyl (C=O) groups is 1. The maximum Gasteiger partial charge on any atom is 0.182 e. The van der Waals surface area contributed by atoms with Crippen LogP contribution in [0.15, 0.2) is 0 Å². The Balaban J connectivity index is 2.27. The Morgan fingerprint density at radius 1 is 1.64 bits per heavy atom.